The number of carbonyl (C=O) groups is 1. The number of ether oxygens (including phenoxy) is 1. The van der Waals surface area contributed by atoms with Crippen LogP contribution in [0.3, 0.4) is 0 Å². The number of hydrogen-bond donors (Lipinski definition) is 1. The molecule has 3 aromatic heterocycles. The molecule has 162 valence electrons. The number of nitrogens with one attached hydrogen (secondary N) is 1. The molecule has 0 saturated carbocycles. The normalized spacial score (nSPS) is 14.5. The van der Waals surface area contributed by atoms with E-state index >= 15 is 0 Å². The van der Waals surface area contributed by atoms with Crippen molar-refractivity contribution in [2.24, 2.45) is 7.05 Å². The number of aromatic nitrogens is 4. The van der Waals surface area contributed by atoms with Crippen molar-refractivity contribution in [2.45, 2.75) is 25.4 Å². The summed E-state index contributed by atoms with van der Waals surface area (Å²) in [6.07, 6.45) is 7.97. The second kappa shape index (κ2) is 8.88. The zero-order valence-corrected chi connectivity index (χ0v) is 18.0. The Morgan fingerprint density at radius 2 is 1.94 bits per heavy atom. The maximum Gasteiger partial charge on any atom is 0.168 e. The van der Waals surface area contributed by atoms with Crippen LogP contribution < -0.4 is 10.1 Å². The Hall–Kier alpha value is -3.58. The smallest absolute Gasteiger partial charge is 0.168 e. The highest BCUT2D eigenvalue weighted by atomic mass is 16.5. The number of benzene rings is 1. The fraction of sp³-hybridized carbons (Fsp3) is 0.280. The summed E-state index contributed by atoms with van der Waals surface area (Å²) in [7, 11) is 1.88. The fourth-order valence-corrected chi connectivity index (χ4v) is 3.96. The van der Waals surface area contributed by atoms with Gasteiger partial charge in [0.25, 0.3) is 0 Å². The first-order valence-corrected chi connectivity index (χ1v) is 10.9. The van der Waals surface area contributed by atoms with E-state index in [1.54, 1.807) is 17.1 Å². The van der Waals surface area contributed by atoms with E-state index in [-0.39, 0.29) is 18.3 Å². The lowest BCUT2D eigenvalue weighted by molar-refractivity contribution is 0.0992. The molecule has 1 aliphatic rings. The molecule has 32 heavy (non-hydrogen) atoms. The van der Waals surface area contributed by atoms with Crippen molar-refractivity contribution in [1.82, 2.24) is 25.1 Å². The Balaban J connectivity index is 1.29. The number of fused-ring (bicyclic) bond motifs is 1. The lowest BCUT2D eigenvalue weighted by Gasteiger charge is -2.23. The number of pyridine rings is 2. The predicted molar refractivity (Wildman–Crippen MR) is 123 cm³/mol. The number of carbonyl (C=O) groups excluding carboxylic acids is 1. The van der Waals surface area contributed by atoms with Crippen LogP contribution >= 0.6 is 0 Å². The molecule has 1 N–H and O–H groups in total. The first-order valence-electron chi connectivity index (χ1n) is 10.9. The predicted octanol–water partition coefficient (Wildman–Crippen LogP) is 3.59. The van der Waals surface area contributed by atoms with E-state index in [0.717, 1.165) is 53.8 Å². The fourth-order valence-electron chi connectivity index (χ4n) is 3.96. The molecule has 0 aliphatic carbocycles. The van der Waals surface area contributed by atoms with Crippen molar-refractivity contribution in [3.05, 3.63) is 72.3 Å². The average molecular weight is 428 g/mol. The first kappa shape index (κ1) is 20.3. The van der Waals surface area contributed by atoms with Gasteiger partial charge in [0.2, 0.25) is 0 Å². The number of piperidine rings is 1. The minimum Gasteiger partial charge on any atom is -0.490 e. The third kappa shape index (κ3) is 4.53. The molecule has 0 spiro atoms. The Morgan fingerprint density at radius 1 is 1.12 bits per heavy atom. The quantitative estimate of drug-likeness (QED) is 0.474. The van der Waals surface area contributed by atoms with E-state index in [0.29, 0.717) is 11.3 Å². The van der Waals surface area contributed by atoms with Gasteiger partial charge in [0, 0.05) is 36.0 Å². The van der Waals surface area contributed by atoms with Gasteiger partial charge in [-0.05, 0) is 68.4 Å². The average Bonchev–Trinajstić information content (AvgIpc) is 3.26. The molecule has 5 rings (SSSR count). The molecule has 0 unspecified atom stereocenters. The van der Waals surface area contributed by atoms with Crippen LogP contribution in [-0.2, 0) is 13.5 Å². The van der Waals surface area contributed by atoms with Gasteiger partial charge in [-0.15, -0.1) is 0 Å². The molecular formula is C25H25N5O2. The summed E-state index contributed by atoms with van der Waals surface area (Å²) in [5.74, 6) is 0.832. The summed E-state index contributed by atoms with van der Waals surface area (Å²) in [5.41, 5.74) is 3.97. The van der Waals surface area contributed by atoms with Crippen molar-refractivity contribution >= 4 is 16.7 Å². The molecule has 1 aliphatic heterocycles. The summed E-state index contributed by atoms with van der Waals surface area (Å²) in [4.78, 5) is 22.0. The van der Waals surface area contributed by atoms with Crippen LogP contribution in [0.1, 0.15) is 28.9 Å². The molecule has 1 aromatic carbocycles. The van der Waals surface area contributed by atoms with Crippen LogP contribution in [0.5, 0.6) is 5.75 Å². The van der Waals surface area contributed by atoms with E-state index < -0.39 is 0 Å². The van der Waals surface area contributed by atoms with Crippen molar-refractivity contribution in [1.29, 1.82) is 0 Å². The molecule has 0 radical (unpaired) electrons. The van der Waals surface area contributed by atoms with Crippen LogP contribution in [-0.4, -0.2) is 44.7 Å². The van der Waals surface area contributed by atoms with Crippen molar-refractivity contribution in [2.75, 3.05) is 13.1 Å². The van der Waals surface area contributed by atoms with Crippen LogP contribution in [0.25, 0.3) is 22.2 Å². The van der Waals surface area contributed by atoms with E-state index in [4.69, 9.17) is 9.72 Å². The molecule has 4 aromatic rings. The molecule has 1 fully saturated rings. The van der Waals surface area contributed by atoms with Crippen molar-refractivity contribution in [3.63, 3.8) is 0 Å². The molecular weight excluding hydrogens is 402 g/mol. The van der Waals surface area contributed by atoms with Crippen LogP contribution in [0, 0.1) is 0 Å². The third-order valence-corrected chi connectivity index (χ3v) is 5.74. The van der Waals surface area contributed by atoms with Gasteiger partial charge in [-0.25, -0.2) is 4.98 Å². The van der Waals surface area contributed by atoms with Gasteiger partial charge in [0.05, 0.1) is 29.5 Å². The summed E-state index contributed by atoms with van der Waals surface area (Å²) in [5, 5.41) is 8.48. The molecule has 0 atom stereocenters. The Kier molecular flexibility index (Phi) is 5.64. The van der Waals surface area contributed by atoms with E-state index in [2.05, 4.69) is 15.4 Å². The maximum absolute atomic E-state index is 12.8. The number of Topliss-reactive ketones (excluding diaryl/α,β-unsaturated/α-hetero) is 1. The van der Waals surface area contributed by atoms with Crippen LogP contribution in [0.15, 0.2) is 61.1 Å². The molecule has 7 nitrogen and oxygen atoms in total. The Bertz CT molecular complexity index is 1240. The standard InChI is InChI=1S/C25H25N5O2/c1-30-16-19(15-28-30)23-7-4-18-14-27-20(12-24(18)29-23)13-25(31)17-2-5-21(6-3-17)32-22-8-10-26-11-9-22/h2-7,12,14-16,22,26H,8-11,13H2,1H3. The van der Waals surface area contributed by atoms with Crippen molar-refractivity contribution in [3.8, 4) is 17.0 Å². The highest BCUT2D eigenvalue weighted by molar-refractivity contribution is 5.97. The highest BCUT2D eigenvalue weighted by Crippen LogP contribution is 2.22. The zero-order chi connectivity index (χ0) is 21.9. The van der Waals surface area contributed by atoms with E-state index in [9.17, 15) is 4.79 Å². The lowest BCUT2D eigenvalue weighted by Crippen LogP contribution is -2.34. The summed E-state index contributed by atoms with van der Waals surface area (Å²) < 4.78 is 7.78. The number of hydrogen-bond acceptors (Lipinski definition) is 6. The summed E-state index contributed by atoms with van der Waals surface area (Å²) in [6, 6.07) is 13.3. The summed E-state index contributed by atoms with van der Waals surface area (Å²) >= 11 is 0. The first-order chi connectivity index (χ1) is 15.6. The second-order valence-electron chi connectivity index (χ2n) is 8.16. The number of ketones is 1. The Labute approximate surface area is 186 Å². The number of aryl methyl sites for hydroxylation is 1. The summed E-state index contributed by atoms with van der Waals surface area (Å²) in [6.45, 7) is 1.97. The minimum atomic E-state index is 0.0219. The largest absolute Gasteiger partial charge is 0.490 e. The third-order valence-electron chi connectivity index (χ3n) is 5.74. The SMILES string of the molecule is Cn1cc(-c2ccc3cnc(CC(=O)c4ccc(OC5CCNCC5)cc4)cc3n2)cn1. The lowest BCUT2D eigenvalue weighted by atomic mass is 10.1. The monoisotopic (exact) mass is 427 g/mol. The molecule has 0 bridgehead atoms. The van der Waals surface area contributed by atoms with Gasteiger partial charge in [-0.1, -0.05) is 0 Å². The topological polar surface area (TPSA) is 81.9 Å². The number of rotatable bonds is 6. The minimum absolute atomic E-state index is 0.0219. The van der Waals surface area contributed by atoms with E-state index in [1.807, 2.05) is 55.7 Å². The maximum atomic E-state index is 12.8. The van der Waals surface area contributed by atoms with Crippen LogP contribution in [0.4, 0.5) is 0 Å². The number of nitrogens with zero attached hydrogens (tertiary/aromatic N) is 4. The van der Waals surface area contributed by atoms with Gasteiger partial charge < -0.3 is 10.1 Å². The van der Waals surface area contributed by atoms with Gasteiger partial charge in [0.15, 0.2) is 5.78 Å². The van der Waals surface area contributed by atoms with E-state index in [1.165, 1.54) is 0 Å². The highest BCUT2D eigenvalue weighted by Gasteiger charge is 2.15. The Morgan fingerprint density at radius 3 is 2.69 bits per heavy atom. The molecule has 0 amide bonds. The second-order valence-corrected chi connectivity index (χ2v) is 8.16. The van der Waals surface area contributed by atoms with Crippen LogP contribution in [0.2, 0.25) is 0 Å². The van der Waals surface area contributed by atoms with Gasteiger partial charge in [-0.3, -0.25) is 14.5 Å². The van der Waals surface area contributed by atoms with Crippen molar-refractivity contribution < 1.29 is 9.53 Å². The van der Waals surface area contributed by atoms with Gasteiger partial charge in [0.1, 0.15) is 11.9 Å². The molecule has 7 heteroatoms. The van der Waals surface area contributed by atoms with Gasteiger partial charge in [-0.2, -0.15) is 5.10 Å². The zero-order valence-electron chi connectivity index (χ0n) is 18.0. The molecule has 4 heterocycles. The molecule has 1 saturated heterocycles. The van der Waals surface area contributed by atoms with Gasteiger partial charge >= 0.3 is 0 Å².